The summed E-state index contributed by atoms with van der Waals surface area (Å²) in [6, 6.07) is 28.9. The number of benzene rings is 3. The van der Waals surface area contributed by atoms with E-state index in [0.717, 1.165) is 28.6 Å². The Bertz CT molecular complexity index is 1320. The van der Waals surface area contributed by atoms with Crippen molar-refractivity contribution >= 4 is 23.3 Å². The van der Waals surface area contributed by atoms with Crippen LogP contribution in [0.15, 0.2) is 103 Å². The maximum Gasteiger partial charge on any atom is 0.410 e. The van der Waals surface area contributed by atoms with Gasteiger partial charge in [0.15, 0.2) is 6.04 Å². The maximum atomic E-state index is 14.3. The summed E-state index contributed by atoms with van der Waals surface area (Å²) >= 11 is 0.953. The highest BCUT2D eigenvalue weighted by Gasteiger charge is 2.45. The zero-order chi connectivity index (χ0) is 29.0. The van der Waals surface area contributed by atoms with E-state index >= 15 is 0 Å². The first-order valence-corrected chi connectivity index (χ1v) is 13.7. The average molecular weight is 563 g/mol. The molecule has 1 aromatic heterocycles. The molecule has 0 aliphatic rings. The minimum Gasteiger partial charge on any atom is -0.367 e. The Morgan fingerprint density at radius 3 is 1.65 bits per heavy atom. The van der Waals surface area contributed by atoms with Crippen molar-refractivity contribution < 1.29 is 13.2 Å². The molecular formula is C32H33F3N4S. The third-order valence-corrected chi connectivity index (χ3v) is 7.34. The molecule has 0 saturated carbocycles. The van der Waals surface area contributed by atoms with Gasteiger partial charge in [-0.25, -0.2) is 4.72 Å². The number of hydrogen-bond acceptors (Lipinski definition) is 5. The van der Waals surface area contributed by atoms with E-state index in [2.05, 4.69) is 15.0 Å². The van der Waals surface area contributed by atoms with Crippen molar-refractivity contribution in [2.75, 3.05) is 5.32 Å². The molecule has 0 aliphatic carbocycles. The minimum absolute atomic E-state index is 0.0714. The van der Waals surface area contributed by atoms with Gasteiger partial charge < -0.3 is 10.7 Å². The second-order valence-corrected chi connectivity index (χ2v) is 12.2. The van der Waals surface area contributed by atoms with Crippen molar-refractivity contribution in [3.05, 3.63) is 131 Å². The Morgan fingerprint density at radius 2 is 1.25 bits per heavy atom. The van der Waals surface area contributed by atoms with Crippen LogP contribution < -0.4 is 10.0 Å². The Morgan fingerprint density at radius 1 is 0.800 bits per heavy atom. The van der Waals surface area contributed by atoms with Crippen molar-refractivity contribution in [3.8, 4) is 0 Å². The lowest BCUT2D eigenvalue weighted by Gasteiger charge is -2.38. The smallest absolute Gasteiger partial charge is 0.367 e. The normalized spacial score (nSPS) is 13.1. The molecule has 1 atom stereocenters. The summed E-state index contributed by atoms with van der Waals surface area (Å²) < 4.78 is 45.0. The fourth-order valence-electron chi connectivity index (χ4n) is 4.54. The van der Waals surface area contributed by atoms with Gasteiger partial charge in [0, 0.05) is 27.9 Å². The van der Waals surface area contributed by atoms with Gasteiger partial charge in [0.25, 0.3) is 0 Å². The van der Waals surface area contributed by atoms with Gasteiger partial charge >= 0.3 is 6.18 Å². The number of rotatable bonds is 9. The zero-order valence-corrected chi connectivity index (χ0v) is 23.7. The molecule has 1 unspecified atom stereocenters. The zero-order valence-electron chi connectivity index (χ0n) is 22.9. The van der Waals surface area contributed by atoms with Crippen LogP contribution in [0.3, 0.4) is 0 Å². The van der Waals surface area contributed by atoms with Gasteiger partial charge in [-0.15, -0.1) is 0 Å². The molecule has 0 fully saturated rings. The van der Waals surface area contributed by atoms with Gasteiger partial charge in [-0.3, -0.25) is 4.98 Å². The Balaban J connectivity index is 1.93. The molecule has 0 spiro atoms. The highest BCUT2D eigenvalue weighted by molar-refractivity contribution is 7.98. The van der Waals surface area contributed by atoms with E-state index in [1.807, 2.05) is 112 Å². The summed E-state index contributed by atoms with van der Waals surface area (Å²) in [6.45, 7) is 7.23. The molecule has 0 saturated heterocycles. The number of aromatic nitrogens is 1. The van der Waals surface area contributed by atoms with Crippen LogP contribution in [0.25, 0.3) is 0 Å². The van der Waals surface area contributed by atoms with E-state index in [4.69, 9.17) is 5.41 Å². The molecule has 4 aromatic rings. The highest BCUT2D eigenvalue weighted by atomic mass is 32.2. The molecule has 3 aromatic carbocycles. The molecule has 0 bridgehead atoms. The van der Waals surface area contributed by atoms with Crippen molar-refractivity contribution in [2.45, 2.75) is 50.2 Å². The summed E-state index contributed by atoms with van der Waals surface area (Å²) in [4.78, 5) is 4.30. The number of hydrogen-bond donors (Lipinski definition) is 3. The van der Waals surface area contributed by atoms with E-state index in [-0.39, 0.29) is 5.56 Å². The van der Waals surface area contributed by atoms with E-state index < -0.39 is 28.2 Å². The van der Waals surface area contributed by atoms with Crippen LogP contribution in [-0.2, 0) is 5.54 Å². The Labute approximate surface area is 238 Å². The van der Waals surface area contributed by atoms with Gasteiger partial charge in [0.2, 0.25) is 0 Å². The summed E-state index contributed by atoms with van der Waals surface area (Å²) in [5.74, 6) is 0. The Kier molecular flexibility index (Phi) is 8.71. The summed E-state index contributed by atoms with van der Waals surface area (Å²) in [5, 5.41) is 12.4. The fraction of sp³-hybridized carbons (Fsp3) is 0.250. The van der Waals surface area contributed by atoms with Gasteiger partial charge in [-0.05, 0) is 50.5 Å². The van der Waals surface area contributed by atoms with E-state index in [1.54, 1.807) is 13.0 Å². The van der Waals surface area contributed by atoms with Crippen LogP contribution in [0.2, 0.25) is 0 Å². The third-order valence-electron chi connectivity index (χ3n) is 6.37. The first-order valence-electron chi connectivity index (χ1n) is 12.9. The topological polar surface area (TPSA) is 60.8 Å². The second kappa shape index (κ2) is 11.9. The van der Waals surface area contributed by atoms with Crippen LogP contribution >= 0.6 is 11.9 Å². The number of anilines is 1. The number of alkyl halides is 3. The molecule has 4 rings (SSSR count). The van der Waals surface area contributed by atoms with Gasteiger partial charge in [-0.2, -0.15) is 13.2 Å². The second-order valence-electron chi connectivity index (χ2n) is 10.6. The summed E-state index contributed by atoms with van der Waals surface area (Å²) in [6.07, 6.45) is -3.33. The maximum absolute atomic E-state index is 14.3. The lowest BCUT2D eigenvalue weighted by molar-refractivity contribution is -0.135. The van der Waals surface area contributed by atoms with Crippen LogP contribution in [0.4, 0.5) is 18.9 Å². The minimum atomic E-state index is -4.69. The monoisotopic (exact) mass is 562 g/mol. The van der Waals surface area contributed by atoms with Gasteiger partial charge in [0.1, 0.15) is 5.54 Å². The van der Waals surface area contributed by atoms with E-state index in [9.17, 15) is 13.2 Å². The molecule has 0 radical (unpaired) electrons. The molecule has 40 heavy (non-hydrogen) atoms. The predicted octanol–water partition coefficient (Wildman–Crippen LogP) is 8.13. The van der Waals surface area contributed by atoms with Crippen LogP contribution in [0.1, 0.15) is 48.7 Å². The molecule has 1 heterocycles. The lowest BCUT2D eigenvalue weighted by atomic mass is 9.76. The number of nitrogens with zero attached hydrogens (tertiary/aromatic N) is 1. The molecule has 8 heteroatoms. The molecule has 208 valence electrons. The third kappa shape index (κ3) is 6.57. The Hall–Kier alpha value is -3.62. The van der Waals surface area contributed by atoms with Crippen LogP contribution in [0, 0.1) is 12.3 Å². The van der Waals surface area contributed by atoms with Crippen LogP contribution in [-0.4, -0.2) is 27.7 Å². The quantitative estimate of drug-likeness (QED) is 0.110. The predicted molar refractivity (Wildman–Crippen MR) is 159 cm³/mol. The van der Waals surface area contributed by atoms with Crippen LogP contribution in [0.5, 0.6) is 0 Å². The van der Waals surface area contributed by atoms with Gasteiger partial charge in [0.05, 0.1) is 5.71 Å². The molecule has 0 aliphatic heterocycles. The standard InChI is InChI=1S/C32H33F3N4S/c1-22-20-27(26(21-37-22)28(36)29(32(33,34)35)39-40-30(2,3)4)38-31(23-14-8-5-9-15-23,24-16-10-6-11-17-24)25-18-12-7-13-19-25/h5-21,29,36,39H,1-4H3,(H,37,38). The number of halogens is 3. The number of pyridine rings is 1. The van der Waals surface area contributed by atoms with Crippen molar-refractivity contribution in [3.63, 3.8) is 0 Å². The summed E-state index contributed by atoms with van der Waals surface area (Å²) in [5.41, 5.74) is 2.17. The van der Waals surface area contributed by atoms with E-state index in [0.29, 0.717) is 11.4 Å². The highest BCUT2D eigenvalue weighted by Crippen LogP contribution is 2.41. The molecular weight excluding hydrogens is 529 g/mol. The SMILES string of the molecule is Cc1cc(NC(c2ccccc2)(c2ccccc2)c2ccccc2)c(C(=N)C(NSC(C)(C)C)C(F)(F)F)cn1. The molecule has 4 nitrogen and oxygen atoms in total. The summed E-state index contributed by atoms with van der Waals surface area (Å²) in [7, 11) is 0. The molecule has 3 N–H and O–H groups in total. The van der Waals surface area contributed by atoms with Crippen molar-refractivity contribution in [2.24, 2.45) is 0 Å². The molecule has 0 amide bonds. The first kappa shape index (κ1) is 29.4. The average Bonchev–Trinajstić information content (AvgIpc) is 2.92. The van der Waals surface area contributed by atoms with Crippen molar-refractivity contribution in [1.29, 1.82) is 5.41 Å². The fourth-order valence-corrected chi connectivity index (χ4v) is 5.26. The lowest BCUT2D eigenvalue weighted by Crippen LogP contribution is -2.47. The number of nitrogens with one attached hydrogen (secondary N) is 3. The van der Waals surface area contributed by atoms with E-state index in [1.165, 1.54) is 6.20 Å². The largest absolute Gasteiger partial charge is 0.410 e. The number of aryl methyl sites for hydroxylation is 1. The first-order chi connectivity index (χ1) is 18.9. The van der Waals surface area contributed by atoms with Crippen molar-refractivity contribution in [1.82, 2.24) is 9.71 Å². The van der Waals surface area contributed by atoms with Gasteiger partial charge in [-0.1, -0.05) is 103 Å².